The van der Waals surface area contributed by atoms with E-state index in [4.69, 9.17) is 9.15 Å². The average molecular weight is 263 g/mol. The highest BCUT2D eigenvalue weighted by molar-refractivity contribution is 5.91. The van der Waals surface area contributed by atoms with Crippen molar-refractivity contribution in [2.24, 2.45) is 5.92 Å². The van der Waals surface area contributed by atoms with Crippen molar-refractivity contribution in [1.82, 2.24) is 5.32 Å². The van der Waals surface area contributed by atoms with Gasteiger partial charge in [0.05, 0.1) is 0 Å². The van der Waals surface area contributed by atoms with Crippen molar-refractivity contribution in [3.8, 4) is 0 Å². The Morgan fingerprint density at radius 3 is 3.05 bits per heavy atom. The first kappa shape index (κ1) is 13.9. The molecule has 1 amide bonds. The molecule has 1 aromatic heterocycles. The van der Waals surface area contributed by atoms with E-state index in [2.05, 4.69) is 5.32 Å². The van der Waals surface area contributed by atoms with Gasteiger partial charge in [0, 0.05) is 25.8 Å². The maximum atomic E-state index is 11.5. The monoisotopic (exact) mass is 263 g/mol. The molecule has 1 heterocycles. The molecule has 0 aromatic carbocycles. The normalized spacial score (nSPS) is 15.0. The van der Waals surface area contributed by atoms with Crippen LogP contribution in [0.3, 0.4) is 0 Å². The Kier molecular flexibility index (Phi) is 5.21. The van der Waals surface area contributed by atoms with Crippen LogP contribution in [0.15, 0.2) is 22.6 Å². The van der Waals surface area contributed by atoms with E-state index in [0.717, 1.165) is 31.3 Å². The SMILES string of the molecule is Cc1ccc(/C=C/C(=O)NCCCOCC2CC2)o1. The third kappa shape index (κ3) is 5.75. The summed E-state index contributed by atoms with van der Waals surface area (Å²) < 4.78 is 10.8. The molecule has 0 atom stereocenters. The van der Waals surface area contributed by atoms with Gasteiger partial charge < -0.3 is 14.5 Å². The molecule has 1 aliphatic rings. The minimum Gasteiger partial charge on any atom is -0.462 e. The molecule has 104 valence electrons. The van der Waals surface area contributed by atoms with Crippen LogP contribution in [0, 0.1) is 12.8 Å². The molecule has 0 unspecified atom stereocenters. The molecular formula is C15H21NO3. The fraction of sp³-hybridized carbons (Fsp3) is 0.533. The van der Waals surface area contributed by atoms with Crippen molar-refractivity contribution >= 4 is 12.0 Å². The summed E-state index contributed by atoms with van der Waals surface area (Å²) in [6.07, 6.45) is 6.64. The van der Waals surface area contributed by atoms with E-state index in [9.17, 15) is 4.79 Å². The van der Waals surface area contributed by atoms with Crippen molar-refractivity contribution < 1.29 is 13.9 Å². The van der Waals surface area contributed by atoms with E-state index in [-0.39, 0.29) is 5.91 Å². The van der Waals surface area contributed by atoms with Crippen molar-refractivity contribution in [2.75, 3.05) is 19.8 Å². The van der Waals surface area contributed by atoms with Gasteiger partial charge in [0.25, 0.3) is 0 Å². The van der Waals surface area contributed by atoms with Crippen LogP contribution < -0.4 is 5.32 Å². The highest BCUT2D eigenvalue weighted by atomic mass is 16.5. The summed E-state index contributed by atoms with van der Waals surface area (Å²) in [6, 6.07) is 3.71. The number of hydrogen-bond donors (Lipinski definition) is 1. The molecule has 0 radical (unpaired) electrons. The predicted octanol–water partition coefficient (Wildman–Crippen LogP) is 2.53. The van der Waals surface area contributed by atoms with Gasteiger partial charge >= 0.3 is 0 Å². The molecule has 0 spiro atoms. The highest BCUT2D eigenvalue weighted by Gasteiger charge is 2.20. The number of nitrogens with one attached hydrogen (secondary N) is 1. The van der Waals surface area contributed by atoms with Gasteiger partial charge in [0.1, 0.15) is 11.5 Å². The van der Waals surface area contributed by atoms with Crippen LogP contribution in [-0.2, 0) is 9.53 Å². The van der Waals surface area contributed by atoms with E-state index in [1.54, 1.807) is 6.08 Å². The lowest BCUT2D eigenvalue weighted by Crippen LogP contribution is -2.23. The molecule has 4 heteroatoms. The minimum atomic E-state index is -0.101. The topological polar surface area (TPSA) is 51.5 Å². The molecule has 1 aromatic rings. The second-order valence-corrected chi connectivity index (χ2v) is 4.94. The summed E-state index contributed by atoms with van der Waals surface area (Å²) in [5.74, 6) is 2.24. The summed E-state index contributed by atoms with van der Waals surface area (Å²) in [6.45, 7) is 4.12. The van der Waals surface area contributed by atoms with Crippen LogP contribution in [0.25, 0.3) is 6.08 Å². The lowest BCUT2D eigenvalue weighted by atomic mass is 10.3. The Bertz CT molecular complexity index is 432. The number of carbonyl (C=O) groups excluding carboxylic acids is 1. The molecule has 2 rings (SSSR count). The van der Waals surface area contributed by atoms with Crippen LogP contribution in [0.1, 0.15) is 30.8 Å². The average Bonchev–Trinajstić information content (AvgIpc) is 3.12. The fourth-order valence-electron chi connectivity index (χ4n) is 1.68. The van der Waals surface area contributed by atoms with Crippen molar-refractivity contribution in [1.29, 1.82) is 0 Å². The van der Waals surface area contributed by atoms with Gasteiger partial charge in [-0.3, -0.25) is 4.79 Å². The van der Waals surface area contributed by atoms with Crippen molar-refractivity contribution in [3.05, 3.63) is 29.7 Å². The van der Waals surface area contributed by atoms with E-state index < -0.39 is 0 Å². The van der Waals surface area contributed by atoms with Gasteiger partial charge in [-0.25, -0.2) is 0 Å². The lowest BCUT2D eigenvalue weighted by Gasteiger charge is -2.03. The quantitative estimate of drug-likeness (QED) is 0.579. The highest BCUT2D eigenvalue weighted by Crippen LogP contribution is 2.28. The molecule has 4 nitrogen and oxygen atoms in total. The minimum absolute atomic E-state index is 0.101. The van der Waals surface area contributed by atoms with E-state index in [0.29, 0.717) is 12.3 Å². The Labute approximate surface area is 113 Å². The summed E-state index contributed by atoms with van der Waals surface area (Å²) >= 11 is 0. The van der Waals surface area contributed by atoms with Crippen molar-refractivity contribution in [2.45, 2.75) is 26.2 Å². The number of ether oxygens (including phenoxy) is 1. The summed E-state index contributed by atoms with van der Waals surface area (Å²) in [5.41, 5.74) is 0. The zero-order valence-electron chi connectivity index (χ0n) is 11.4. The van der Waals surface area contributed by atoms with Crippen LogP contribution >= 0.6 is 0 Å². The van der Waals surface area contributed by atoms with Gasteiger partial charge in [-0.05, 0) is 50.3 Å². The second-order valence-electron chi connectivity index (χ2n) is 4.94. The summed E-state index contributed by atoms with van der Waals surface area (Å²) in [5, 5.41) is 2.82. The molecule has 19 heavy (non-hydrogen) atoms. The maximum Gasteiger partial charge on any atom is 0.244 e. The third-order valence-corrected chi connectivity index (χ3v) is 2.98. The molecule has 0 bridgehead atoms. The first-order valence-electron chi connectivity index (χ1n) is 6.84. The molecule has 1 N–H and O–H groups in total. The number of amides is 1. The van der Waals surface area contributed by atoms with Gasteiger partial charge in [-0.1, -0.05) is 0 Å². The first-order valence-corrected chi connectivity index (χ1v) is 6.84. The van der Waals surface area contributed by atoms with Gasteiger partial charge in [0.15, 0.2) is 0 Å². The number of hydrogen-bond acceptors (Lipinski definition) is 3. The van der Waals surface area contributed by atoms with Gasteiger partial charge in [-0.2, -0.15) is 0 Å². The molecule has 0 saturated heterocycles. The molecule has 1 aliphatic carbocycles. The van der Waals surface area contributed by atoms with Crippen LogP contribution in [0.2, 0.25) is 0 Å². The third-order valence-electron chi connectivity index (χ3n) is 2.98. The molecule has 1 saturated carbocycles. The standard InChI is InChI=1S/C15H21NO3/c1-12-3-6-14(19-12)7-8-15(17)16-9-2-10-18-11-13-4-5-13/h3,6-8,13H,2,4-5,9-11H2,1H3,(H,16,17)/b8-7+. The first-order chi connectivity index (χ1) is 9.24. The zero-order chi connectivity index (χ0) is 13.5. The predicted molar refractivity (Wildman–Crippen MR) is 73.6 cm³/mol. The second kappa shape index (κ2) is 7.14. The van der Waals surface area contributed by atoms with E-state index >= 15 is 0 Å². The molecule has 0 aliphatic heterocycles. The van der Waals surface area contributed by atoms with E-state index in [1.165, 1.54) is 18.9 Å². The number of furan rings is 1. The summed E-state index contributed by atoms with van der Waals surface area (Å²) in [7, 11) is 0. The zero-order valence-corrected chi connectivity index (χ0v) is 11.4. The Hall–Kier alpha value is -1.55. The van der Waals surface area contributed by atoms with Crippen molar-refractivity contribution in [3.63, 3.8) is 0 Å². The van der Waals surface area contributed by atoms with Crippen LogP contribution in [0.5, 0.6) is 0 Å². The lowest BCUT2D eigenvalue weighted by molar-refractivity contribution is -0.116. The number of rotatable bonds is 8. The van der Waals surface area contributed by atoms with Crippen LogP contribution in [0.4, 0.5) is 0 Å². The Balaban J connectivity index is 1.52. The largest absolute Gasteiger partial charge is 0.462 e. The smallest absolute Gasteiger partial charge is 0.244 e. The fourth-order valence-corrected chi connectivity index (χ4v) is 1.68. The van der Waals surface area contributed by atoms with Gasteiger partial charge in [-0.15, -0.1) is 0 Å². The number of aryl methyl sites for hydroxylation is 1. The summed E-state index contributed by atoms with van der Waals surface area (Å²) in [4.78, 5) is 11.5. The Morgan fingerprint density at radius 2 is 2.37 bits per heavy atom. The molecule has 1 fully saturated rings. The van der Waals surface area contributed by atoms with Crippen LogP contribution in [-0.4, -0.2) is 25.7 Å². The van der Waals surface area contributed by atoms with E-state index in [1.807, 2.05) is 19.1 Å². The maximum absolute atomic E-state index is 11.5. The Morgan fingerprint density at radius 1 is 1.53 bits per heavy atom. The number of carbonyl (C=O) groups is 1. The molecular weight excluding hydrogens is 242 g/mol. The van der Waals surface area contributed by atoms with Gasteiger partial charge in [0.2, 0.25) is 5.91 Å².